The second kappa shape index (κ2) is 4.93. The lowest BCUT2D eigenvalue weighted by molar-refractivity contribution is 0.0778. The van der Waals surface area contributed by atoms with Gasteiger partial charge < -0.3 is 10.6 Å². The highest BCUT2D eigenvalue weighted by Crippen LogP contribution is 2.36. The first-order valence-corrected chi connectivity index (χ1v) is 7.12. The molecule has 4 heteroatoms. The summed E-state index contributed by atoms with van der Waals surface area (Å²) in [4.78, 5) is 18.8. The van der Waals surface area contributed by atoms with Crippen LogP contribution in [-0.4, -0.2) is 34.9 Å². The van der Waals surface area contributed by atoms with Crippen molar-refractivity contribution in [2.45, 2.75) is 32.2 Å². The van der Waals surface area contributed by atoms with Crippen molar-refractivity contribution < 1.29 is 4.79 Å². The Labute approximate surface area is 114 Å². The van der Waals surface area contributed by atoms with E-state index in [0.717, 1.165) is 38.0 Å². The van der Waals surface area contributed by atoms with Gasteiger partial charge in [-0.2, -0.15) is 0 Å². The Hall–Kier alpha value is -1.42. The Morgan fingerprint density at radius 2 is 2.11 bits per heavy atom. The maximum absolute atomic E-state index is 12.5. The zero-order chi connectivity index (χ0) is 13.4. The van der Waals surface area contributed by atoms with Gasteiger partial charge in [0.2, 0.25) is 0 Å². The molecule has 0 radical (unpaired) electrons. The van der Waals surface area contributed by atoms with Gasteiger partial charge in [0.05, 0.1) is 0 Å². The minimum atomic E-state index is 0.0756. The lowest BCUT2D eigenvalue weighted by Gasteiger charge is -2.27. The first kappa shape index (κ1) is 12.6. The summed E-state index contributed by atoms with van der Waals surface area (Å²) < 4.78 is 0. The van der Waals surface area contributed by atoms with Crippen molar-refractivity contribution in [1.82, 2.24) is 9.88 Å². The van der Waals surface area contributed by atoms with Crippen LogP contribution in [0.5, 0.6) is 0 Å². The number of amides is 1. The number of aromatic nitrogens is 1. The second-order valence-electron chi connectivity index (χ2n) is 5.97. The highest BCUT2D eigenvalue weighted by molar-refractivity contribution is 5.92. The average Bonchev–Trinajstić information content (AvgIpc) is 2.80. The van der Waals surface area contributed by atoms with Crippen LogP contribution in [0, 0.1) is 18.8 Å². The summed E-state index contributed by atoms with van der Waals surface area (Å²) in [6, 6.07) is 5.95. The van der Waals surface area contributed by atoms with Crippen molar-refractivity contribution in [2.75, 3.05) is 13.1 Å². The minimum Gasteiger partial charge on any atom is -0.337 e. The lowest BCUT2D eigenvalue weighted by atomic mass is 9.79. The number of carbonyl (C=O) groups excluding carboxylic acids is 1. The van der Waals surface area contributed by atoms with E-state index >= 15 is 0 Å². The molecule has 3 atom stereocenters. The zero-order valence-corrected chi connectivity index (χ0v) is 11.4. The van der Waals surface area contributed by atoms with Gasteiger partial charge in [0.25, 0.3) is 5.91 Å². The summed E-state index contributed by atoms with van der Waals surface area (Å²) in [7, 11) is 0. The first-order valence-electron chi connectivity index (χ1n) is 7.12. The average molecular weight is 259 g/mol. The maximum Gasteiger partial charge on any atom is 0.272 e. The number of aryl methyl sites for hydroxylation is 1. The molecule has 4 nitrogen and oxygen atoms in total. The molecule has 2 N–H and O–H groups in total. The fourth-order valence-corrected chi connectivity index (χ4v) is 3.46. The van der Waals surface area contributed by atoms with Crippen molar-refractivity contribution >= 4 is 5.91 Å². The predicted octanol–water partition coefficient (Wildman–Crippen LogP) is 1.59. The van der Waals surface area contributed by atoms with Gasteiger partial charge in [0.1, 0.15) is 5.69 Å². The van der Waals surface area contributed by atoms with E-state index in [0.29, 0.717) is 23.6 Å². The SMILES string of the molecule is Cc1cccc(C(=O)N2C[C@H]3CCC(N)C[C@H]3C2)n1. The van der Waals surface area contributed by atoms with Gasteiger partial charge >= 0.3 is 0 Å². The van der Waals surface area contributed by atoms with E-state index in [2.05, 4.69) is 4.98 Å². The maximum atomic E-state index is 12.5. The molecular formula is C15H21N3O. The van der Waals surface area contributed by atoms with Gasteiger partial charge in [-0.05, 0) is 50.2 Å². The van der Waals surface area contributed by atoms with E-state index in [1.807, 2.05) is 30.0 Å². The topological polar surface area (TPSA) is 59.2 Å². The molecule has 0 bridgehead atoms. The summed E-state index contributed by atoms with van der Waals surface area (Å²) >= 11 is 0. The Morgan fingerprint density at radius 3 is 2.89 bits per heavy atom. The second-order valence-corrected chi connectivity index (χ2v) is 5.97. The Kier molecular flexibility index (Phi) is 3.27. The molecule has 2 aliphatic rings. The summed E-state index contributed by atoms with van der Waals surface area (Å²) in [6.45, 7) is 3.65. The molecule has 0 aromatic carbocycles. The minimum absolute atomic E-state index is 0.0756. The molecule has 1 unspecified atom stereocenters. The van der Waals surface area contributed by atoms with E-state index in [1.165, 1.54) is 0 Å². The number of nitrogens with two attached hydrogens (primary N) is 1. The van der Waals surface area contributed by atoms with Crippen LogP contribution in [0.1, 0.15) is 35.4 Å². The van der Waals surface area contributed by atoms with Crippen LogP contribution in [0.3, 0.4) is 0 Å². The zero-order valence-electron chi connectivity index (χ0n) is 11.4. The fourth-order valence-electron chi connectivity index (χ4n) is 3.46. The van der Waals surface area contributed by atoms with E-state index in [1.54, 1.807) is 0 Å². The Morgan fingerprint density at radius 1 is 1.32 bits per heavy atom. The van der Waals surface area contributed by atoms with Gasteiger partial charge in [-0.15, -0.1) is 0 Å². The largest absolute Gasteiger partial charge is 0.337 e. The predicted molar refractivity (Wildman–Crippen MR) is 73.7 cm³/mol. The summed E-state index contributed by atoms with van der Waals surface area (Å²) in [5.74, 6) is 1.32. The van der Waals surface area contributed by atoms with E-state index in [4.69, 9.17) is 5.73 Å². The van der Waals surface area contributed by atoms with Crippen LogP contribution in [0.2, 0.25) is 0 Å². The highest BCUT2D eigenvalue weighted by atomic mass is 16.2. The molecule has 1 amide bonds. The number of pyridine rings is 1. The van der Waals surface area contributed by atoms with Crippen LogP contribution in [0.15, 0.2) is 18.2 Å². The van der Waals surface area contributed by atoms with Crippen LogP contribution in [0.4, 0.5) is 0 Å². The standard InChI is InChI=1S/C15H21N3O/c1-10-3-2-4-14(17-10)15(19)18-8-11-5-6-13(16)7-12(11)9-18/h2-4,11-13H,5-9,16H2,1H3/t11-,12+,13?/m1/s1. The van der Waals surface area contributed by atoms with Crippen LogP contribution < -0.4 is 5.73 Å². The number of fused-ring (bicyclic) bond motifs is 1. The molecule has 1 saturated carbocycles. The molecule has 2 fully saturated rings. The quantitative estimate of drug-likeness (QED) is 0.833. The van der Waals surface area contributed by atoms with Crippen LogP contribution in [-0.2, 0) is 0 Å². The first-order chi connectivity index (χ1) is 9.13. The van der Waals surface area contributed by atoms with E-state index in [9.17, 15) is 4.79 Å². The molecule has 1 aromatic heterocycles. The third-order valence-electron chi connectivity index (χ3n) is 4.48. The third-order valence-corrected chi connectivity index (χ3v) is 4.48. The lowest BCUT2D eigenvalue weighted by Crippen LogP contribution is -2.32. The Balaban J connectivity index is 1.72. The van der Waals surface area contributed by atoms with Crippen LogP contribution >= 0.6 is 0 Å². The number of hydrogen-bond donors (Lipinski definition) is 1. The number of nitrogens with zero attached hydrogens (tertiary/aromatic N) is 2. The number of hydrogen-bond acceptors (Lipinski definition) is 3. The molecule has 1 aliphatic carbocycles. The van der Waals surface area contributed by atoms with Gasteiger partial charge in [-0.1, -0.05) is 6.07 Å². The van der Waals surface area contributed by atoms with Crippen molar-refractivity contribution in [3.05, 3.63) is 29.6 Å². The van der Waals surface area contributed by atoms with Gasteiger partial charge in [-0.25, -0.2) is 4.98 Å². The van der Waals surface area contributed by atoms with E-state index in [-0.39, 0.29) is 5.91 Å². The van der Waals surface area contributed by atoms with Gasteiger partial charge in [0, 0.05) is 24.8 Å². The van der Waals surface area contributed by atoms with Crippen molar-refractivity contribution in [2.24, 2.45) is 17.6 Å². The third kappa shape index (κ3) is 2.50. The van der Waals surface area contributed by atoms with Crippen molar-refractivity contribution in [1.29, 1.82) is 0 Å². The summed E-state index contributed by atoms with van der Waals surface area (Å²) in [6.07, 6.45) is 3.33. The van der Waals surface area contributed by atoms with E-state index < -0.39 is 0 Å². The molecule has 3 rings (SSSR count). The molecule has 1 aliphatic heterocycles. The monoisotopic (exact) mass is 259 g/mol. The molecule has 1 aromatic rings. The smallest absolute Gasteiger partial charge is 0.272 e. The molecule has 2 heterocycles. The Bertz CT molecular complexity index is 488. The molecule has 19 heavy (non-hydrogen) atoms. The fraction of sp³-hybridized carbons (Fsp3) is 0.600. The van der Waals surface area contributed by atoms with Crippen molar-refractivity contribution in [3.63, 3.8) is 0 Å². The van der Waals surface area contributed by atoms with Crippen LogP contribution in [0.25, 0.3) is 0 Å². The number of likely N-dealkylation sites (tertiary alicyclic amines) is 1. The number of rotatable bonds is 1. The van der Waals surface area contributed by atoms with Gasteiger partial charge in [0.15, 0.2) is 0 Å². The molecular weight excluding hydrogens is 238 g/mol. The van der Waals surface area contributed by atoms with Crippen molar-refractivity contribution in [3.8, 4) is 0 Å². The summed E-state index contributed by atoms with van der Waals surface area (Å²) in [5, 5.41) is 0. The molecule has 1 saturated heterocycles. The summed E-state index contributed by atoms with van der Waals surface area (Å²) in [5.41, 5.74) is 7.49. The molecule has 0 spiro atoms. The number of carbonyl (C=O) groups is 1. The van der Waals surface area contributed by atoms with Gasteiger partial charge in [-0.3, -0.25) is 4.79 Å². The highest BCUT2D eigenvalue weighted by Gasteiger charge is 2.38. The molecule has 102 valence electrons. The normalized spacial score (nSPS) is 30.2.